The molecule has 1 rings (SSSR count). The number of aryl methyl sites for hydroxylation is 2. The standard InChI is InChI=1S/C13H19NO3/c1-9-5-10(2)13(17-4)11(6-9)7-14(3)12(16)8-15/h5-6,15H,7-8H2,1-4H3. The van der Waals surface area contributed by atoms with Crippen LogP contribution >= 0.6 is 0 Å². The zero-order valence-corrected chi connectivity index (χ0v) is 10.8. The van der Waals surface area contributed by atoms with E-state index in [1.54, 1.807) is 14.2 Å². The SMILES string of the molecule is COc1c(C)cc(C)cc1CN(C)C(=O)CO. The largest absolute Gasteiger partial charge is 0.496 e. The van der Waals surface area contributed by atoms with E-state index in [4.69, 9.17) is 9.84 Å². The van der Waals surface area contributed by atoms with E-state index < -0.39 is 6.61 Å². The number of nitrogens with zero attached hydrogens (tertiary/aromatic N) is 1. The van der Waals surface area contributed by atoms with E-state index in [9.17, 15) is 4.79 Å². The molecule has 0 saturated carbocycles. The lowest BCUT2D eigenvalue weighted by Gasteiger charge is -2.19. The molecule has 0 spiro atoms. The first-order chi connectivity index (χ1) is 7.99. The molecule has 1 amide bonds. The fraction of sp³-hybridized carbons (Fsp3) is 0.462. The number of carbonyl (C=O) groups excluding carboxylic acids is 1. The van der Waals surface area contributed by atoms with Crippen molar-refractivity contribution in [3.05, 3.63) is 28.8 Å². The average Bonchev–Trinajstić information content (AvgIpc) is 2.27. The maximum atomic E-state index is 11.3. The van der Waals surface area contributed by atoms with Gasteiger partial charge in [0, 0.05) is 19.2 Å². The van der Waals surface area contributed by atoms with Crippen LogP contribution in [0.2, 0.25) is 0 Å². The van der Waals surface area contributed by atoms with Gasteiger partial charge in [0.15, 0.2) is 0 Å². The second-order valence-corrected chi connectivity index (χ2v) is 4.18. The van der Waals surface area contributed by atoms with Gasteiger partial charge in [-0.05, 0) is 19.4 Å². The van der Waals surface area contributed by atoms with Crippen molar-refractivity contribution >= 4 is 5.91 Å². The summed E-state index contributed by atoms with van der Waals surface area (Å²) >= 11 is 0. The zero-order chi connectivity index (χ0) is 13.0. The molecule has 0 aliphatic heterocycles. The zero-order valence-electron chi connectivity index (χ0n) is 10.8. The highest BCUT2D eigenvalue weighted by Crippen LogP contribution is 2.26. The highest BCUT2D eigenvalue weighted by atomic mass is 16.5. The minimum Gasteiger partial charge on any atom is -0.496 e. The highest BCUT2D eigenvalue weighted by Gasteiger charge is 2.13. The summed E-state index contributed by atoms with van der Waals surface area (Å²) in [4.78, 5) is 12.8. The van der Waals surface area contributed by atoms with Crippen LogP contribution in [-0.4, -0.2) is 36.7 Å². The van der Waals surface area contributed by atoms with Gasteiger partial charge in [-0.25, -0.2) is 0 Å². The molecule has 0 unspecified atom stereocenters. The number of amides is 1. The molecular formula is C13H19NO3. The van der Waals surface area contributed by atoms with Crippen molar-refractivity contribution in [2.75, 3.05) is 20.8 Å². The molecule has 0 bridgehead atoms. The number of rotatable bonds is 4. The van der Waals surface area contributed by atoms with Crippen molar-refractivity contribution < 1.29 is 14.6 Å². The molecule has 1 aromatic rings. The lowest BCUT2D eigenvalue weighted by atomic mass is 10.1. The molecule has 0 aliphatic carbocycles. The van der Waals surface area contributed by atoms with E-state index in [1.165, 1.54) is 4.90 Å². The van der Waals surface area contributed by atoms with Gasteiger partial charge in [-0.3, -0.25) is 4.79 Å². The molecule has 0 heterocycles. The van der Waals surface area contributed by atoms with Gasteiger partial charge >= 0.3 is 0 Å². The van der Waals surface area contributed by atoms with Gasteiger partial charge in [-0.15, -0.1) is 0 Å². The minimum atomic E-state index is -0.469. The Labute approximate surface area is 102 Å². The van der Waals surface area contributed by atoms with Gasteiger partial charge in [0.25, 0.3) is 0 Å². The molecular weight excluding hydrogens is 218 g/mol. The third kappa shape index (κ3) is 3.20. The topological polar surface area (TPSA) is 49.8 Å². The fourth-order valence-electron chi connectivity index (χ4n) is 1.92. The summed E-state index contributed by atoms with van der Waals surface area (Å²) < 4.78 is 5.34. The van der Waals surface area contributed by atoms with E-state index in [2.05, 4.69) is 0 Å². The van der Waals surface area contributed by atoms with Gasteiger partial charge < -0.3 is 14.7 Å². The second-order valence-electron chi connectivity index (χ2n) is 4.18. The Morgan fingerprint density at radius 1 is 1.41 bits per heavy atom. The first kappa shape index (κ1) is 13.5. The van der Waals surface area contributed by atoms with Crippen molar-refractivity contribution in [2.24, 2.45) is 0 Å². The average molecular weight is 237 g/mol. The summed E-state index contributed by atoms with van der Waals surface area (Å²) in [6.07, 6.45) is 0. The Bertz CT molecular complexity index is 415. The van der Waals surface area contributed by atoms with Crippen LogP contribution < -0.4 is 4.74 Å². The Morgan fingerprint density at radius 3 is 2.59 bits per heavy atom. The summed E-state index contributed by atoms with van der Waals surface area (Å²) in [7, 11) is 3.28. The number of ether oxygens (including phenoxy) is 1. The maximum Gasteiger partial charge on any atom is 0.248 e. The monoisotopic (exact) mass is 237 g/mol. The third-order valence-electron chi connectivity index (χ3n) is 2.67. The minimum absolute atomic E-state index is 0.300. The number of likely N-dealkylation sites (N-methyl/N-ethyl adjacent to an activating group) is 1. The smallest absolute Gasteiger partial charge is 0.248 e. The summed E-state index contributed by atoms with van der Waals surface area (Å²) in [6.45, 7) is 3.95. The quantitative estimate of drug-likeness (QED) is 0.857. The number of hydrogen-bond donors (Lipinski definition) is 1. The normalized spacial score (nSPS) is 10.2. The van der Waals surface area contributed by atoms with E-state index >= 15 is 0 Å². The lowest BCUT2D eigenvalue weighted by molar-refractivity contribution is -0.133. The van der Waals surface area contributed by atoms with Crippen molar-refractivity contribution in [1.82, 2.24) is 4.90 Å². The second kappa shape index (κ2) is 5.68. The van der Waals surface area contributed by atoms with Crippen LogP contribution in [-0.2, 0) is 11.3 Å². The van der Waals surface area contributed by atoms with Gasteiger partial charge in [-0.1, -0.05) is 17.7 Å². The molecule has 0 aliphatic rings. The van der Waals surface area contributed by atoms with Crippen LogP contribution in [0, 0.1) is 13.8 Å². The number of benzene rings is 1. The Hall–Kier alpha value is -1.55. The lowest BCUT2D eigenvalue weighted by Crippen LogP contribution is -2.28. The van der Waals surface area contributed by atoms with Gasteiger partial charge in [0.2, 0.25) is 5.91 Å². The Kier molecular flexibility index (Phi) is 4.52. The summed E-state index contributed by atoms with van der Waals surface area (Å²) in [5, 5.41) is 8.80. The molecule has 0 fully saturated rings. The molecule has 0 radical (unpaired) electrons. The van der Waals surface area contributed by atoms with Crippen molar-refractivity contribution in [2.45, 2.75) is 20.4 Å². The Balaban J connectivity index is 3.01. The molecule has 17 heavy (non-hydrogen) atoms. The van der Waals surface area contributed by atoms with E-state index in [0.717, 1.165) is 22.4 Å². The van der Waals surface area contributed by atoms with Crippen LogP contribution in [0.4, 0.5) is 0 Å². The van der Waals surface area contributed by atoms with E-state index in [-0.39, 0.29) is 5.91 Å². The summed E-state index contributed by atoms with van der Waals surface area (Å²) in [5.74, 6) is 0.499. The molecule has 94 valence electrons. The molecule has 0 saturated heterocycles. The van der Waals surface area contributed by atoms with Crippen LogP contribution in [0.1, 0.15) is 16.7 Å². The molecule has 0 aromatic heterocycles. The predicted octanol–water partition coefficient (Wildman–Crippen LogP) is 1.26. The van der Waals surface area contributed by atoms with Gasteiger partial charge in [0.05, 0.1) is 7.11 Å². The Morgan fingerprint density at radius 2 is 2.06 bits per heavy atom. The fourth-order valence-corrected chi connectivity index (χ4v) is 1.92. The van der Waals surface area contributed by atoms with Crippen LogP contribution in [0.15, 0.2) is 12.1 Å². The van der Waals surface area contributed by atoms with Crippen molar-refractivity contribution in [1.29, 1.82) is 0 Å². The van der Waals surface area contributed by atoms with Crippen LogP contribution in [0.5, 0.6) is 5.75 Å². The van der Waals surface area contributed by atoms with Crippen molar-refractivity contribution in [3.8, 4) is 5.75 Å². The van der Waals surface area contributed by atoms with Gasteiger partial charge in [-0.2, -0.15) is 0 Å². The first-order valence-electron chi connectivity index (χ1n) is 5.48. The number of aliphatic hydroxyl groups excluding tert-OH is 1. The maximum absolute atomic E-state index is 11.3. The van der Waals surface area contributed by atoms with Crippen LogP contribution in [0.25, 0.3) is 0 Å². The first-order valence-corrected chi connectivity index (χ1v) is 5.48. The summed E-state index contributed by atoms with van der Waals surface area (Å²) in [6, 6.07) is 4.03. The molecule has 4 nitrogen and oxygen atoms in total. The van der Waals surface area contributed by atoms with E-state index in [1.807, 2.05) is 26.0 Å². The molecule has 1 aromatic carbocycles. The highest BCUT2D eigenvalue weighted by molar-refractivity contribution is 5.76. The molecule has 4 heteroatoms. The van der Waals surface area contributed by atoms with E-state index in [0.29, 0.717) is 6.54 Å². The number of carbonyl (C=O) groups is 1. The number of methoxy groups -OCH3 is 1. The third-order valence-corrected chi connectivity index (χ3v) is 2.67. The molecule has 1 N–H and O–H groups in total. The van der Waals surface area contributed by atoms with Gasteiger partial charge in [0.1, 0.15) is 12.4 Å². The molecule has 0 atom stereocenters. The summed E-state index contributed by atoms with van der Waals surface area (Å²) in [5.41, 5.74) is 3.13. The predicted molar refractivity (Wildman–Crippen MR) is 66.0 cm³/mol. The number of aliphatic hydroxyl groups is 1. The number of hydrogen-bond acceptors (Lipinski definition) is 3. The van der Waals surface area contributed by atoms with Crippen LogP contribution in [0.3, 0.4) is 0 Å². The van der Waals surface area contributed by atoms with Crippen molar-refractivity contribution in [3.63, 3.8) is 0 Å².